The fourth-order valence-electron chi connectivity index (χ4n) is 0.884. The molecule has 0 rings (SSSR count). The van der Waals surface area contributed by atoms with Crippen LogP contribution in [0.15, 0.2) is 0 Å². The Morgan fingerprint density at radius 3 is 2.43 bits per heavy atom. The molecule has 7 heteroatoms. The first-order chi connectivity index (χ1) is 6.62. The summed E-state index contributed by atoms with van der Waals surface area (Å²) >= 11 is 0. The smallest absolute Gasteiger partial charge is 0.269 e. The zero-order valence-electron chi connectivity index (χ0n) is 8.05. The third-order valence-electron chi connectivity index (χ3n) is 1.56. The van der Waals surface area contributed by atoms with Crippen LogP contribution in [0.5, 0.6) is 0 Å². The number of aliphatic hydroxyl groups excluding tert-OH is 1. The van der Waals surface area contributed by atoms with Gasteiger partial charge in [-0.1, -0.05) is 12.8 Å². The molecule has 0 aromatic rings. The van der Waals surface area contributed by atoms with Crippen molar-refractivity contribution >= 4 is 7.82 Å². The monoisotopic (exact) mass is 226 g/mol. The first-order valence-electron chi connectivity index (χ1n) is 4.53. The quantitative estimate of drug-likeness (QED) is 0.324. The lowest BCUT2D eigenvalue weighted by Gasteiger charge is -2.20. The highest BCUT2D eigenvalue weighted by Gasteiger charge is 2.07. The summed E-state index contributed by atoms with van der Waals surface area (Å²) in [5.74, 6) is 0. The van der Waals surface area contributed by atoms with Gasteiger partial charge in [0, 0.05) is 0 Å². The molecular formula is C7H17NO5P-. The second-order valence-electron chi connectivity index (χ2n) is 2.74. The van der Waals surface area contributed by atoms with Crippen molar-refractivity contribution in [2.24, 2.45) is 5.73 Å². The number of phosphoric acid groups is 1. The molecule has 0 aliphatic heterocycles. The Balaban J connectivity index is 3.30. The Bertz CT molecular complexity index is 177. The second kappa shape index (κ2) is 8.35. The van der Waals surface area contributed by atoms with Gasteiger partial charge >= 0.3 is 0 Å². The summed E-state index contributed by atoms with van der Waals surface area (Å²) in [5, 5.41) is 8.19. The van der Waals surface area contributed by atoms with Gasteiger partial charge in [-0.15, -0.1) is 0 Å². The number of hydrogen-bond donors (Lipinski definition) is 2. The molecule has 0 bridgehead atoms. The molecule has 0 fully saturated rings. The molecule has 3 N–H and O–H groups in total. The van der Waals surface area contributed by atoms with Crippen molar-refractivity contribution in [2.45, 2.75) is 25.7 Å². The fourth-order valence-corrected chi connectivity index (χ4v) is 1.45. The molecule has 86 valence electrons. The molecule has 0 saturated carbocycles. The maximum atomic E-state index is 10.7. The number of unbranched alkanes of at least 4 members (excludes halogenated alkanes) is 3. The number of rotatable bonds is 9. The van der Waals surface area contributed by atoms with E-state index in [0.717, 1.165) is 19.3 Å². The van der Waals surface area contributed by atoms with Crippen molar-refractivity contribution in [3.8, 4) is 0 Å². The van der Waals surface area contributed by atoms with Crippen LogP contribution in [-0.2, 0) is 13.6 Å². The summed E-state index contributed by atoms with van der Waals surface area (Å²) < 4.78 is 19.1. The Hall–Kier alpha value is 0.0300. The van der Waals surface area contributed by atoms with Crippen LogP contribution in [0.3, 0.4) is 0 Å². The van der Waals surface area contributed by atoms with Crippen molar-refractivity contribution < 1.29 is 23.6 Å². The predicted molar refractivity (Wildman–Crippen MR) is 49.3 cm³/mol. The van der Waals surface area contributed by atoms with Crippen molar-refractivity contribution in [3.05, 3.63) is 0 Å². The highest BCUT2D eigenvalue weighted by molar-refractivity contribution is 7.45. The highest BCUT2D eigenvalue weighted by Crippen LogP contribution is 2.37. The van der Waals surface area contributed by atoms with E-state index >= 15 is 0 Å². The molecule has 6 nitrogen and oxygen atoms in total. The van der Waals surface area contributed by atoms with Crippen LogP contribution >= 0.6 is 7.82 Å². The lowest BCUT2D eigenvalue weighted by Crippen LogP contribution is -2.09. The number of nitrogens with two attached hydrogens (primary N) is 1. The van der Waals surface area contributed by atoms with Crippen LogP contribution in [0.4, 0.5) is 0 Å². The van der Waals surface area contributed by atoms with E-state index in [-0.39, 0.29) is 6.61 Å². The normalized spacial score (nSPS) is 15.4. The Morgan fingerprint density at radius 1 is 1.21 bits per heavy atom. The third-order valence-corrected chi connectivity index (χ3v) is 2.49. The molecule has 0 amide bonds. The summed E-state index contributed by atoms with van der Waals surface area (Å²) in [4.78, 5) is 10.7. The Labute approximate surface area is 83.6 Å². The van der Waals surface area contributed by atoms with Crippen LogP contribution in [0.1, 0.15) is 25.7 Å². The number of phosphoric ester groups is 1. The van der Waals surface area contributed by atoms with Gasteiger partial charge in [0.1, 0.15) is 0 Å². The molecule has 1 atom stereocenters. The van der Waals surface area contributed by atoms with Crippen LogP contribution in [0, 0.1) is 0 Å². The number of aliphatic hydroxyl groups is 1. The minimum Gasteiger partial charge on any atom is -0.756 e. The summed E-state index contributed by atoms with van der Waals surface area (Å²) in [7, 11) is -4.27. The van der Waals surface area contributed by atoms with Crippen molar-refractivity contribution in [3.63, 3.8) is 0 Å². The molecule has 1 unspecified atom stereocenters. The fraction of sp³-hybridized carbons (Fsp3) is 1.00. The minimum atomic E-state index is -4.27. The van der Waals surface area contributed by atoms with E-state index in [2.05, 4.69) is 9.05 Å². The van der Waals surface area contributed by atoms with Gasteiger partial charge in [-0.3, -0.25) is 9.09 Å². The van der Waals surface area contributed by atoms with E-state index in [1.807, 2.05) is 0 Å². The lowest BCUT2D eigenvalue weighted by atomic mass is 10.2. The molecule has 0 saturated heterocycles. The van der Waals surface area contributed by atoms with Crippen molar-refractivity contribution in [1.29, 1.82) is 0 Å². The van der Waals surface area contributed by atoms with Gasteiger partial charge in [0.05, 0.1) is 6.61 Å². The molecule has 0 aromatic carbocycles. The van der Waals surface area contributed by atoms with E-state index in [0.29, 0.717) is 13.0 Å². The van der Waals surface area contributed by atoms with E-state index in [9.17, 15) is 9.46 Å². The van der Waals surface area contributed by atoms with E-state index in [4.69, 9.17) is 10.8 Å². The zero-order valence-corrected chi connectivity index (χ0v) is 8.95. The number of hydrogen-bond acceptors (Lipinski definition) is 6. The standard InChI is InChI=1S/C7H18NO5P/c8-5-3-1-2-4-6-12-14(10,11)13-7-9/h9H,1-8H2,(H,10,11)/p-1. The molecule has 14 heavy (non-hydrogen) atoms. The highest BCUT2D eigenvalue weighted by atomic mass is 31.2. The van der Waals surface area contributed by atoms with Gasteiger partial charge in [0.15, 0.2) is 6.79 Å². The van der Waals surface area contributed by atoms with Gasteiger partial charge < -0.3 is 20.3 Å². The maximum Gasteiger partial charge on any atom is 0.269 e. The third kappa shape index (κ3) is 8.62. The van der Waals surface area contributed by atoms with Gasteiger partial charge in [-0.05, 0) is 19.4 Å². The molecular weight excluding hydrogens is 209 g/mol. The summed E-state index contributed by atoms with van der Waals surface area (Å²) in [6.07, 6.45) is 3.41. The Kier molecular flexibility index (Phi) is 8.37. The maximum absolute atomic E-state index is 10.7. The lowest BCUT2D eigenvalue weighted by molar-refractivity contribution is -0.230. The molecule has 0 spiro atoms. The molecule has 0 heterocycles. The molecule has 0 aromatic heterocycles. The SMILES string of the molecule is NCCCCCCOP(=O)([O-])OCO. The van der Waals surface area contributed by atoms with Gasteiger partial charge in [-0.25, -0.2) is 0 Å². The van der Waals surface area contributed by atoms with E-state index in [1.54, 1.807) is 0 Å². The molecule has 0 radical (unpaired) electrons. The average molecular weight is 226 g/mol. The van der Waals surface area contributed by atoms with Crippen molar-refractivity contribution in [1.82, 2.24) is 0 Å². The largest absolute Gasteiger partial charge is 0.756 e. The van der Waals surface area contributed by atoms with Crippen LogP contribution in [-0.4, -0.2) is 25.1 Å². The van der Waals surface area contributed by atoms with Gasteiger partial charge in [-0.2, -0.15) is 0 Å². The average Bonchev–Trinajstić information content (AvgIpc) is 2.11. The second-order valence-corrected chi connectivity index (χ2v) is 4.15. The summed E-state index contributed by atoms with van der Waals surface area (Å²) in [6.45, 7) is -0.145. The van der Waals surface area contributed by atoms with Crippen LogP contribution in [0.25, 0.3) is 0 Å². The van der Waals surface area contributed by atoms with Crippen LogP contribution in [0.2, 0.25) is 0 Å². The molecule has 0 aliphatic rings. The summed E-state index contributed by atoms with van der Waals surface area (Å²) in [5.41, 5.74) is 5.28. The zero-order chi connectivity index (χ0) is 10.9. The van der Waals surface area contributed by atoms with Crippen LogP contribution < -0.4 is 10.6 Å². The first kappa shape index (κ1) is 14.0. The van der Waals surface area contributed by atoms with Gasteiger partial charge in [0.2, 0.25) is 0 Å². The summed E-state index contributed by atoms with van der Waals surface area (Å²) in [6, 6.07) is 0. The van der Waals surface area contributed by atoms with E-state index < -0.39 is 14.6 Å². The minimum absolute atomic E-state index is 0.0886. The first-order valence-corrected chi connectivity index (χ1v) is 5.99. The van der Waals surface area contributed by atoms with E-state index in [1.165, 1.54) is 0 Å². The molecule has 0 aliphatic carbocycles. The predicted octanol–water partition coefficient (Wildman–Crippen LogP) is -0.0431. The van der Waals surface area contributed by atoms with Gasteiger partial charge in [0.25, 0.3) is 7.82 Å². The van der Waals surface area contributed by atoms with Crippen molar-refractivity contribution in [2.75, 3.05) is 19.9 Å². The Morgan fingerprint density at radius 2 is 1.86 bits per heavy atom. The topological polar surface area (TPSA) is 105 Å².